The minimum Gasteiger partial charge on any atom is -0.481 e. The Morgan fingerprint density at radius 2 is 1.85 bits per heavy atom. The van der Waals surface area contributed by atoms with Crippen molar-refractivity contribution in [2.24, 2.45) is 11.8 Å². The lowest BCUT2D eigenvalue weighted by atomic mass is 9.80. The molecule has 3 atom stereocenters. The Morgan fingerprint density at radius 1 is 1.22 bits per heavy atom. The molecule has 1 fully saturated rings. The molecule has 0 amide bonds. The Labute approximate surface area is 161 Å². The van der Waals surface area contributed by atoms with E-state index in [0.29, 0.717) is 18.4 Å². The second-order valence-corrected chi connectivity index (χ2v) is 7.87. The Balaban J connectivity index is 2.19. The van der Waals surface area contributed by atoms with E-state index in [9.17, 15) is 14.7 Å². The number of ether oxygens (including phenoxy) is 1. The number of aliphatic carboxylic acids is 1. The third kappa shape index (κ3) is 5.55. The van der Waals surface area contributed by atoms with Crippen LogP contribution in [-0.2, 0) is 19.9 Å². The number of rotatable bonds is 10. The van der Waals surface area contributed by atoms with Crippen LogP contribution in [0.2, 0.25) is 0 Å². The number of carbonyl (C=O) groups is 2. The van der Waals surface area contributed by atoms with Crippen molar-refractivity contribution in [1.29, 1.82) is 0 Å². The highest BCUT2D eigenvalue weighted by atomic mass is 16.6. The molecule has 0 bridgehead atoms. The summed E-state index contributed by atoms with van der Waals surface area (Å²) < 4.78 is 5.79. The van der Waals surface area contributed by atoms with Gasteiger partial charge in [-0.1, -0.05) is 63.4 Å². The number of carboxylic acid groups (broad SMARTS) is 1. The lowest BCUT2D eigenvalue weighted by Gasteiger charge is -2.34. The van der Waals surface area contributed by atoms with Crippen LogP contribution >= 0.6 is 0 Å². The van der Waals surface area contributed by atoms with Gasteiger partial charge in [0.2, 0.25) is 0 Å². The van der Waals surface area contributed by atoms with Crippen molar-refractivity contribution >= 4 is 11.9 Å². The van der Waals surface area contributed by atoms with Gasteiger partial charge in [-0.15, -0.1) is 0 Å². The molecule has 1 aromatic carbocycles. The molecule has 1 saturated carbocycles. The quantitative estimate of drug-likeness (QED) is 0.596. The summed E-state index contributed by atoms with van der Waals surface area (Å²) >= 11 is 0. The van der Waals surface area contributed by atoms with Gasteiger partial charge < -0.3 is 14.9 Å². The molecule has 0 aromatic heterocycles. The first kappa shape index (κ1) is 21.4. The zero-order chi connectivity index (χ0) is 19.9. The molecular formula is C22H32O5. The molecule has 0 heterocycles. The normalized spacial score (nSPS) is 19.2. The third-order valence-electron chi connectivity index (χ3n) is 5.54. The smallest absolute Gasteiger partial charge is 0.343 e. The molecule has 27 heavy (non-hydrogen) atoms. The summed E-state index contributed by atoms with van der Waals surface area (Å²) in [7, 11) is 0. The van der Waals surface area contributed by atoms with E-state index >= 15 is 0 Å². The monoisotopic (exact) mass is 376 g/mol. The van der Waals surface area contributed by atoms with Gasteiger partial charge in [0, 0.05) is 12.3 Å². The summed E-state index contributed by atoms with van der Waals surface area (Å²) in [5.74, 6) is -1.69. The highest BCUT2D eigenvalue weighted by Gasteiger charge is 2.48. The molecule has 5 heteroatoms. The van der Waals surface area contributed by atoms with E-state index in [2.05, 4.69) is 0 Å². The fourth-order valence-corrected chi connectivity index (χ4v) is 4.17. The fraction of sp³-hybridized carbons (Fsp3) is 0.636. The summed E-state index contributed by atoms with van der Waals surface area (Å²) in [5.41, 5.74) is -1.06. The van der Waals surface area contributed by atoms with Crippen LogP contribution in [0.25, 0.3) is 0 Å². The van der Waals surface area contributed by atoms with Crippen molar-refractivity contribution in [3.05, 3.63) is 35.9 Å². The molecule has 2 N–H and O–H groups in total. The minimum absolute atomic E-state index is 0.0450. The molecule has 1 aliphatic rings. The van der Waals surface area contributed by atoms with Gasteiger partial charge in [-0.05, 0) is 37.2 Å². The lowest BCUT2D eigenvalue weighted by Crippen LogP contribution is -2.45. The first-order valence-corrected chi connectivity index (χ1v) is 10.1. The van der Waals surface area contributed by atoms with Crippen molar-refractivity contribution in [2.75, 3.05) is 0 Å². The fourth-order valence-electron chi connectivity index (χ4n) is 4.17. The Bertz CT molecular complexity index is 608. The van der Waals surface area contributed by atoms with Gasteiger partial charge in [-0.3, -0.25) is 4.79 Å². The summed E-state index contributed by atoms with van der Waals surface area (Å²) in [5, 5.41) is 20.5. The summed E-state index contributed by atoms with van der Waals surface area (Å²) in [4.78, 5) is 24.1. The number of hydrogen-bond acceptors (Lipinski definition) is 4. The van der Waals surface area contributed by atoms with Gasteiger partial charge in [0.15, 0.2) is 5.60 Å². The molecule has 1 aliphatic carbocycles. The third-order valence-corrected chi connectivity index (χ3v) is 5.54. The molecular weight excluding hydrogens is 344 g/mol. The first-order chi connectivity index (χ1) is 12.9. The summed E-state index contributed by atoms with van der Waals surface area (Å²) in [6.07, 6.45) is 5.24. The number of esters is 1. The maximum absolute atomic E-state index is 13.2. The van der Waals surface area contributed by atoms with Crippen molar-refractivity contribution in [1.82, 2.24) is 0 Å². The first-order valence-electron chi connectivity index (χ1n) is 10.1. The molecule has 1 aromatic rings. The highest BCUT2D eigenvalue weighted by Crippen LogP contribution is 2.42. The van der Waals surface area contributed by atoms with Crippen LogP contribution in [0.15, 0.2) is 30.3 Å². The molecule has 5 nitrogen and oxygen atoms in total. The molecule has 2 unspecified atom stereocenters. The largest absolute Gasteiger partial charge is 0.481 e. The molecule has 0 spiro atoms. The predicted octanol–water partition coefficient (Wildman–Crippen LogP) is 4.28. The van der Waals surface area contributed by atoms with Gasteiger partial charge >= 0.3 is 11.9 Å². The molecule has 0 saturated heterocycles. The average Bonchev–Trinajstić information content (AvgIpc) is 3.16. The van der Waals surface area contributed by atoms with E-state index in [1.807, 2.05) is 32.0 Å². The van der Waals surface area contributed by atoms with E-state index in [-0.39, 0.29) is 24.4 Å². The lowest BCUT2D eigenvalue weighted by molar-refractivity contribution is -0.180. The van der Waals surface area contributed by atoms with Crippen LogP contribution in [-0.4, -0.2) is 28.3 Å². The van der Waals surface area contributed by atoms with Crippen LogP contribution in [0.1, 0.15) is 70.8 Å². The van der Waals surface area contributed by atoms with Crippen LogP contribution in [0, 0.1) is 11.8 Å². The Morgan fingerprint density at radius 3 is 2.41 bits per heavy atom. The number of carboxylic acids is 1. The zero-order valence-electron chi connectivity index (χ0n) is 16.4. The van der Waals surface area contributed by atoms with Gasteiger partial charge in [0.05, 0.1) is 0 Å². The van der Waals surface area contributed by atoms with Crippen molar-refractivity contribution in [2.45, 2.75) is 76.9 Å². The topological polar surface area (TPSA) is 83.8 Å². The van der Waals surface area contributed by atoms with Crippen LogP contribution in [0.4, 0.5) is 0 Å². The second kappa shape index (κ2) is 9.88. The Kier molecular flexibility index (Phi) is 7.84. The number of benzene rings is 1. The summed E-state index contributed by atoms with van der Waals surface area (Å²) in [6.45, 7) is 3.86. The number of hydrogen-bond donors (Lipinski definition) is 2. The standard InChI is InChI=1S/C22H32O5/c1-3-9-19(14-16(2)15-20(23)24)27-21(25)22(26,18-12-7-8-13-18)17-10-5-4-6-11-17/h4-6,10-11,16,18-19,26H,3,7-9,12-15H2,1-2H3,(H,23,24)/t16?,19?,22-/m0/s1. The predicted molar refractivity (Wildman–Crippen MR) is 103 cm³/mol. The number of aliphatic hydroxyl groups is 1. The highest BCUT2D eigenvalue weighted by molar-refractivity contribution is 5.81. The van der Waals surface area contributed by atoms with E-state index in [1.54, 1.807) is 12.1 Å². The van der Waals surface area contributed by atoms with Crippen LogP contribution in [0.3, 0.4) is 0 Å². The minimum atomic E-state index is -1.64. The van der Waals surface area contributed by atoms with Crippen molar-refractivity contribution < 1.29 is 24.5 Å². The molecule has 150 valence electrons. The maximum atomic E-state index is 13.2. The van der Waals surface area contributed by atoms with Gasteiger partial charge in [-0.2, -0.15) is 0 Å². The van der Waals surface area contributed by atoms with E-state index in [4.69, 9.17) is 9.84 Å². The van der Waals surface area contributed by atoms with Crippen LogP contribution < -0.4 is 0 Å². The van der Waals surface area contributed by atoms with E-state index in [0.717, 1.165) is 32.1 Å². The second-order valence-electron chi connectivity index (χ2n) is 7.87. The average molecular weight is 376 g/mol. The van der Waals surface area contributed by atoms with E-state index in [1.165, 1.54) is 0 Å². The van der Waals surface area contributed by atoms with E-state index < -0.39 is 17.5 Å². The molecule has 2 rings (SSSR count). The number of carbonyl (C=O) groups excluding carboxylic acids is 1. The van der Waals surface area contributed by atoms with Crippen molar-refractivity contribution in [3.63, 3.8) is 0 Å². The molecule has 0 aliphatic heterocycles. The van der Waals surface area contributed by atoms with Gasteiger partial charge in [0.25, 0.3) is 0 Å². The van der Waals surface area contributed by atoms with Gasteiger partial charge in [-0.25, -0.2) is 4.79 Å². The summed E-state index contributed by atoms with van der Waals surface area (Å²) in [6, 6.07) is 9.06. The van der Waals surface area contributed by atoms with Crippen LogP contribution in [0.5, 0.6) is 0 Å². The van der Waals surface area contributed by atoms with Crippen molar-refractivity contribution in [3.8, 4) is 0 Å². The molecule has 0 radical (unpaired) electrons. The van der Waals surface area contributed by atoms with Gasteiger partial charge in [0.1, 0.15) is 6.10 Å². The zero-order valence-corrected chi connectivity index (χ0v) is 16.4. The maximum Gasteiger partial charge on any atom is 0.343 e. The Hall–Kier alpha value is -1.88. The SMILES string of the molecule is CCCC(CC(C)CC(=O)O)OC(=O)[C@](O)(c1ccccc1)C1CCCC1.